The number of thiophene rings is 1. The summed E-state index contributed by atoms with van der Waals surface area (Å²) >= 11 is 1.26. The number of amides is 1. The predicted molar refractivity (Wildman–Crippen MR) is 81.6 cm³/mol. The Morgan fingerprint density at radius 3 is 2.71 bits per heavy atom. The second kappa shape index (κ2) is 6.66. The Morgan fingerprint density at radius 2 is 2.05 bits per heavy atom. The number of esters is 1. The van der Waals surface area contributed by atoms with Crippen molar-refractivity contribution in [2.75, 3.05) is 26.1 Å². The number of nitrogens with two attached hydrogens (primary N) is 1. The first-order valence-corrected chi connectivity index (χ1v) is 7.05. The average Bonchev–Trinajstić information content (AvgIpc) is 2.85. The van der Waals surface area contributed by atoms with Gasteiger partial charge in [0.1, 0.15) is 10.9 Å². The lowest BCUT2D eigenvalue weighted by Crippen LogP contribution is -2.39. The van der Waals surface area contributed by atoms with Crippen molar-refractivity contribution in [2.24, 2.45) is 5.73 Å². The van der Waals surface area contributed by atoms with Gasteiger partial charge in [0, 0.05) is 17.2 Å². The first kappa shape index (κ1) is 15.4. The molecule has 6 nitrogen and oxygen atoms in total. The van der Waals surface area contributed by atoms with E-state index < -0.39 is 17.9 Å². The molecule has 112 valence electrons. The van der Waals surface area contributed by atoms with Gasteiger partial charge in [-0.15, -0.1) is 11.3 Å². The number of hydrogen-bond acceptors (Lipinski definition) is 6. The van der Waals surface area contributed by atoms with Gasteiger partial charge < -0.3 is 20.5 Å². The number of anilines is 1. The van der Waals surface area contributed by atoms with Crippen LogP contribution in [0.15, 0.2) is 24.3 Å². The molecule has 1 heterocycles. The molecule has 1 unspecified atom stereocenters. The second-order valence-corrected chi connectivity index (χ2v) is 5.40. The van der Waals surface area contributed by atoms with Gasteiger partial charge in [0.25, 0.3) is 0 Å². The van der Waals surface area contributed by atoms with E-state index in [-0.39, 0.29) is 6.61 Å². The summed E-state index contributed by atoms with van der Waals surface area (Å²) in [5.41, 5.74) is 6.13. The van der Waals surface area contributed by atoms with E-state index in [2.05, 4.69) is 5.32 Å². The number of rotatable bonds is 5. The number of carbonyl (C=O) groups is 2. The van der Waals surface area contributed by atoms with E-state index in [0.717, 1.165) is 10.1 Å². The van der Waals surface area contributed by atoms with Gasteiger partial charge in [0.2, 0.25) is 5.91 Å². The molecule has 1 aromatic heterocycles. The smallest absolute Gasteiger partial charge is 0.350 e. The van der Waals surface area contributed by atoms with E-state index >= 15 is 0 Å². The monoisotopic (exact) mass is 308 g/mol. The molecule has 1 aromatic carbocycles. The summed E-state index contributed by atoms with van der Waals surface area (Å²) in [7, 11) is 2.77. The molecule has 0 spiro atoms. The third-order valence-electron chi connectivity index (χ3n) is 2.90. The standard InChI is InChI=1S/C14H16N2O4S/c1-19-7-9(15)13(17)16-11-8-5-3-4-6-10(8)21-12(11)14(18)20-2/h3-6,9H,7,15H2,1-2H3,(H,16,17). The molecule has 21 heavy (non-hydrogen) atoms. The van der Waals surface area contributed by atoms with Gasteiger partial charge >= 0.3 is 5.97 Å². The molecule has 7 heteroatoms. The SMILES string of the molecule is COCC(N)C(=O)Nc1c(C(=O)OC)sc2ccccc12. The number of nitrogens with one attached hydrogen (secondary N) is 1. The van der Waals surface area contributed by atoms with E-state index in [1.54, 1.807) is 0 Å². The molecule has 0 fully saturated rings. The highest BCUT2D eigenvalue weighted by Crippen LogP contribution is 2.36. The topological polar surface area (TPSA) is 90.6 Å². The first-order valence-electron chi connectivity index (χ1n) is 6.23. The van der Waals surface area contributed by atoms with E-state index in [9.17, 15) is 9.59 Å². The number of hydrogen-bond donors (Lipinski definition) is 2. The summed E-state index contributed by atoms with van der Waals surface area (Å²) in [5.74, 6) is -0.905. The van der Waals surface area contributed by atoms with Crippen molar-refractivity contribution in [1.82, 2.24) is 0 Å². The lowest BCUT2D eigenvalue weighted by molar-refractivity contribution is -0.118. The van der Waals surface area contributed by atoms with Gasteiger partial charge in [-0.2, -0.15) is 0 Å². The Kier molecular flexibility index (Phi) is 4.89. The summed E-state index contributed by atoms with van der Waals surface area (Å²) < 4.78 is 10.5. The Bertz CT molecular complexity index is 668. The highest BCUT2D eigenvalue weighted by atomic mass is 32.1. The lowest BCUT2D eigenvalue weighted by atomic mass is 10.2. The Balaban J connectivity index is 2.41. The summed E-state index contributed by atoms with van der Waals surface area (Å²) in [6.45, 7) is 0.0987. The van der Waals surface area contributed by atoms with Crippen LogP contribution in [0.3, 0.4) is 0 Å². The van der Waals surface area contributed by atoms with Crippen molar-refractivity contribution in [3.63, 3.8) is 0 Å². The van der Waals surface area contributed by atoms with Crippen LogP contribution in [0.2, 0.25) is 0 Å². The minimum Gasteiger partial charge on any atom is -0.465 e. The van der Waals surface area contributed by atoms with Gasteiger partial charge in [-0.05, 0) is 6.07 Å². The Morgan fingerprint density at radius 1 is 1.33 bits per heavy atom. The van der Waals surface area contributed by atoms with E-state index in [0.29, 0.717) is 10.6 Å². The molecule has 2 rings (SSSR count). The first-order chi connectivity index (χ1) is 10.1. The highest BCUT2D eigenvalue weighted by Gasteiger charge is 2.22. The molecule has 0 aliphatic heterocycles. The zero-order chi connectivity index (χ0) is 15.4. The molecule has 1 atom stereocenters. The van der Waals surface area contributed by atoms with Gasteiger partial charge in [0.05, 0.1) is 19.4 Å². The second-order valence-electron chi connectivity index (χ2n) is 4.35. The van der Waals surface area contributed by atoms with Crippen LogP contribution in [0.4, 0.5) is 5.69 Å². The van der Waals surface area contributed by atoms with Crippen LogP contribution in [0, 0.1) is 0 Å². The largest absolute Gasteiger partial charge is 0.465 e. The van der Waals surface area contributed by atoms with Crippen LogP contribution < -0.4 is 11.1 Å². The number of carbonyl (C=O) groups excluding carboxylic acids is 2. The molecule has 1 amide bonds. The quantitative estimate of drug-likeness (QED) is 0.819. The van der Waals surface area contributed by atoms with Crippen LogP contribution >= 0.6 is 11.3 Å². The minimum absolute atomic E-state index is 0.0987. The Hall–Kier alpha value is -1.96. The molecule has 0 aliphatic rings. The summed E-state index contributed by atoms with van der Waals surface area (Å²) in [5, 5.41) is 3.48. The molecule has 3 N–H and O–H groups in total. The fraction of sp³-hybridized carbons (Fsp3) is 0.286. The zero-order valence-electron chi connectivity index (χ0n) is 11.7. The summed E-state index contributed by atoms with van der Waals surface area (Å²) in [6.07, 6.45) is 0. The van der Waals surface area contributed by atoms with Crippen LogP contribution in [-0.2, 0) is 14.3 Å². The third kappa shape index (κ3) is 3.21. The van der Waals surface area contributed by atoms with Gasteiger partial charge in [0.15, 0.2) is 0 Å². The number of ether oxygens (including phenoxy) is 2. The van der Waals surface area contributed by atoms with Crippen molar-refractivity contribution in [1.29, 1.82) is 0 Å². The number of methoxy groups -OCH3 is 2. The maximum atomic E-state index is 12.0. The molecular formula is C14H16N2O4S. The molecule has 0 bridgehead atoms. The van der Waals surface area contributed by atoms with Gasteiger partial charge in [-0.3, -0.25) is 4.79 Å². The van der Waals surface area contributed by atoms with Crippen molar-refractivity contribution in [2.45, 2.75) is 6.04 Å². The van der Waals surface area contributed by atoms with Crippen molar-refractivity contribution >= 4 is 39.0 Å². The van der Waals surface area contributed by atoms with E-state index in [1.807, 2.05) is 24.3 Å². The van der Waals surface area contributed by atoms with Crippen molar-refractivity contribution in [3.05, 3.63) is 29.1 Å². The fourth-order valence-corrected chi connectivity index (χ4v) is 2.95. The third-order valence-corrected chi connectivity index (χ3v) is 4.05. The zero-order valence-corrected chi connectivity index (χ0v) is 12.5. The summed E-state index contributed by atoms with van der Waals surface area (Å²) in [4.78, 5) is 24.2. The maximum absolute atomic E-state index is 12.0. The minimum atomic E-state index is -0.806. The lowest BCUT2D eigenvalue weighted by Gasteiger charge is -2.11. The van der Waals surface area contributed by atoms with Crippen LogP contribution in [0.5, 0.6) is 0 Å². The highest BCUT2D eigenvalue weighted by molar-refractivity contribution is 7.21. The van der Waals surface area contributed by atoms with Gasteiger partial charge in [-0.25, -0.2) is 4.79 Å². The van der Waals surface area contributed by atoms with E-state index in [1.165, 1.54) is 25.6 Å². The predicted octanol–water partition coefficient (Wildman–Crippen LogP) is 1.60. The van der Waals surface area contributed by atoms with Gasteiger partial charge in [-0.1, -0.05) is 18.2 Å². The number of benzene rings is 1. The van der Waals surface area contributed by atoms with Crippen molar-refractivity contribution in [3.8, 4) is 0 Å². The molecule has 0 aliphatic carbocycles. The van der Waals surface area contributed by atoms with E-state index in [4.69, 9.17) is 15.2 Å². The molecular weight excluding hydrogens is 292 g/mol. The molecule has 2 aromatic rings. The number of fused-ring (bicyclic) bond motifs is 1. The average molecular weight is 308 g/mol. The molecule has 0 saturated carbocycles. The molecule has 0 saturated heterocycles. The Labute approximate surface area is 125 Å². The summed E-state index contributed by atoms with van der Waals surface area (Å²) in [6, 6.07) is 6.59. The van der Waals surface area contributed by atoms with Crippen LogP contribution in [-0.4, -0.2) is 38.7 Å². The van der Waals surface area contributed by atoms with Crippen LogP contribution in [0.25, 0.3) is 10.1 Å². The maximum Gasteiger partial charge on any atom is 0.350 e. The van der Waals surface area contributed by atoms with Crippen LogP contribution in [0.1, 0.15) is 9.67 Å². The molecule has 0 radical (unpaired) electrons. The fourth-order valence-electron chi connectivity index (χ4n) is 1.88. The normalized spacial score (nSPS) is 12.1. The van der Waals surface area contributed by atoms with Crippen molar-refractivity contribution < 1.29 is 19.1 Å².